The van der Waals surface area contributed by atoms with Gasteiger partial charge in [-0.2, -0.15) is 0 Å². The molecule has 1 unspecified atom stereocenters. The largest absolute Gasteiger partial charge is 0.326 e. The Bertz CT molecular complexity index is 716. The number of nitrogens with zero attached hydrogens (tertiary/aromatic N) is 1. The van der Waals surface area contributed by atoms with E-state index in [0.29, 0.717) is 18.7 Å². The van der Waals surface area contributed by atoms with E-state index in [9.17, 15) is 9.18 Å². The van der Waals surface area contributed by atoms with Crippen LogP contribution in [0.3, 0.4) is 0 Å². The van der Waals surface area contributed by atoms with Crippen LogP contribution >= 0.6 is 0 Å². The number of hydrogen-bond donors (Lipinski definition) is 1. The van der Waals surface area contributed by atoms with Crippen molar-refractivity contribution in [3.63, 3.8) is 0 Å². The van der Waals surface area contributed by atoms with Gasteiger partial charge in [0.05, 0.1) is 5.92 Å². The lowest BCUT2D eigenvalue weighted by atomic mass is 9.96. The first-order chi connectivity index (χ1) is 11.6. The van der Waals surface area contributed by atoms with Gasteiger partial charge < -0.3 is 5.32 Å². The number of amides is 1. The molecule has 0 spiro atoms. The minimum absolute atomic E-state index is 0.0500. The molecule has 126 valence electrons. The number of anilines is 1. The molecule has 1 heterocycles. The zero-order valence-electron chi connectivity index (χ0n) is 14.0. The zero-order chi connectivity index (χ0) is 16.9. The summed E-state index contributed by atoms with van der Waals surface area (Å²) in [7, 11) is 0. The predicted octanol–water partition coefficient (Wildman–Crippen LogP) is 3.98. The third-order valence-electron chi connectivity index (χ3n) is 4.51. The van der Waals surface area contributed by atoms with Gasteiger partial charge in [0.2, 0.25) is 5.91 Å². The van der Waals surface area contributed by atoms with Crippen molar-refractivity contribution in [2.45, 2.75) is 26.3 Å². The Hall–Kier alpha value is -2.20. The average Bonchev–Trinajstić information content (AvgIpc) is 2.57. The smallest absolute Gasteiger partial charge is 0.228 e. The molecule has 1 aliphatic heterocycles. The number of nitrogens with one attached hydrogen (secondary N) is 1. The van der Waals surface area contributed by atoms with E-state index in [2.05, 4.69) is 10.2 Å². The lowest BCUT2D eigenvalue weighted by Gasteiger charge is -2.32. The summed E-state index contributed by atoms with van der Waals surface area (Å²) in [6, 6.07) is 14.7. The number of carbonyl (C=O) groups is 1. The Balaban J connectivity index is 1.60. The summed E-state index contributed by atoms with van der Waals surface area (Å²) in [5.74, 6) is -0.172. The van der Waals surface area contributed by atoms with Crippen molar-refractivity contribution in [2.75, 3.05) is 18.4 Å². The molecule has 1 atom stereocenters. The number of rotatable bonds is 4. The van der Waals surface area contributed by atoms with Gasteiger partial charge in [-0.1, -0.05) is 30.3 Å². The summed E-state index contributed by atoms with van der Waals surface area (Å²) in [4.78, 5) is 14.7. The fourth-order valence-corrected chi connectivity index (χ4v) is 3.25. The molecule has 24 heavy (non-hydrogen) atoms. The Morgan fingerprint density at radius 3 is 2.88 bits per heavy atom. The standard InChI is InChI=1S/C20H23FN2O/c1-15-6-4-9-18(12-15)22-20(24)17-8-5-11-23(14-17)13-16-7-2-3-10-19(16)21/h2-4,6-7,9-10,12,17H,5,8,11,13-14H2,1H3,(H,22,24). The maximum Gasteiger partial charge on any atom is 0.228 e. The fraction of sp³-hybridized carbons (Fsp3) is 0.350. The number of halogens is 1. The second kappa shape index (κ2) is 7.58. The quantitative estimate of drug-likeness (QED) is 0.921. The molecule has 1 N–H and O–H groups in total. The minimum Gasteiger partial charge on any atom is -0.326 e. The molecule has 1 fully saturated rings. The van der Waals surface area contributed by atoms with Crippen LogP contribution in [0.25, 0.3) is 0 Å². The molecule has 1 amide bonds. The molecule has 1 saturated heterocycles. The van der Waals surface area contributed by atoms with Gasteiger partial charge in [0.25, 0.3) is 0 Å². The van der Waals surface area contributed by atoms with Crippen LogP contribution in [-0.2, 0) is 11.3 Å². The van der Waals surface area contributed by atoms with Crippen LogP contribution in [0.5, 0.6) is 0 Å². The number of hydrogen-bond acceptors (Lipinski definition) is 2. The summed E-state index contributed by atoms with van der Waals surface area (Å²) < 4.78 is 13.8. The van der Waals surface area contributed by atoms with Gasteiger partial charge in [0.1, 0.15) is 5.82 Å². The highest BCUT2D eigenvalue weighted by molar-refractivity contribution is 5.92. The molecule has 0 aliphatic carbocycles. The Morgan fingerprint density at radius 1 is 1.25 bits per heavy atom. The first-order valence-corrected chi connectivity index (χ1v) is 8.45. The van der Waals surface area contributed by atoms with Crippen LogP contribution in [0.15, 0.2) is 48.5 Å². The summed E-state index contributed by atoms with van der Waals surface area (Å²) in [5.41, 5.74) is 2.65. The normalized spacial score (nSPS) is 18.3. The van der Waals surface area contributed by atoms with E-state index in [0.717, 1.165) is 30.6 Å². The highest BCUT2D eigenvalue weighted by atomic mass is 19.1. The minimum atomic E-state index is -0.177. The maximum atomic E-state index is 13.8. The second-order valence-corrected chi connectivity index (χ2v) is 6.52. The molecule has 0 saturated carbocycles. The van der Waals surface area contributed by atoms with Crippen LogP contribution in [0.2, 0.25) is 0 Å². The topological polar surface area (TPSA) is 32.3 Å². The summed E-state index contributed by atoms with van der Waals surface area (Å²) in [6.45, 7) is 4.14. The predicted molar refractivity (Wildman–Crippen MR) is 94.2 cm³/mol. The van der Waals surface area contributed by atoms with E-state index in [1.54, 1.807) is 6.07 Å². The van der Waals surface area contributed by atoms with Crippen molar-refractivity contribution < 1.29 is 9.18 Å². The van der Waals surface area contributed by atoms with E-state index in [4.69, 9.17) is 0 Å². The molecule has 0 aromatic heterocycles. The number of likely N-dealkylation sites (tertiary alicyclic amines) is 1. The third-order valence-corrected chi connectivity index (χ3v) is 4.51. The van der Waals surface area contributed by atoms with Crippen LogP contribution in [0.4, 0.5) is 10.1 Å². The number of piperidine rings is 1. The van der Waals surface area contributed by atoms with Crippen molar-refractivity contribution in [1.82, 2.24) is 4.90 Å². The van der Waals surface area contributed by atoms with Crippen LogP contribution in [0.1, 0.15) is 24.0 Å². The van der Waals surface area contributed by atoms with Crippen LogP contribution in [-0.4, -0.2) is 23.9 Å². The molecular weight excluding hydrogens is 303 g/mol. The zero-order valence-corrected chi connectivity index (χ0v) is 14.0. The van der Waals surface area contributed by atoms with Crippen molar-refractivity contribution in [3.8, 4) is 0 Å². The third kappa shape index (κ3) is 4.20. The first-order valence-electron chi connectivity index (χ1n) is 8.45. The van der Waals surface area contributed by atoms with Crippen molar-refractivity contribution in [1.29, 1.82) is 0 Å². The number of carbonyl (C=O) groups excluding carboxylic acids is 1. The first kappa shape index (κ1) is 16.7. The van der Waals surface area contributed by atoms with Crippen molar-refractivity contribution in [3.05, 3.63) is 65.5 Å². The van der Waals surface area contributed by atoms with Crippen molar-refractivity contribution in [2.24, 2.45) is 5.92 Å². The molecular formula is C20H23FN2O. The Labute approximate surface area is 142 Å². The van der Waals surface area contributed by atoms with Gasteiger partial charge in [0, 0.05) is 24.3 Å². The Morgan fingerprint density at radius 2 is 2.08 bits per heavy atom. The number of aryl methyl sites for hydroxylation is 1. The molecule has 4 heteroatoms. The maximum absolute atomic E-state index is 13.8. The van der Waals surface area contributed by atoms with E-state index in [-0.39, 0.29) is 17.6 Å². The van der Waals surface area contributed by atoms with Crippen LogP contribution in [0, 0.1) is 18.7 Å². The van der Waals surface area contributed by atoms with E-state index in [1.165, 1.54) is 6.07 Å². The Kier molecular flexibility index (Phi) is 5.26. The highest BCUT2D eigenvalue weighted by Gasteiger charge is 2.26. The van der Waals surface area contributed by atoms with Gasteiger partial charge in [0.15, 0.2) is 0 Å². The number of benzene rings is 2. The second-order valence-electron chi connectivity index (χ2n) is 6.52. The van der Waals surface area contributed by atoms with E-state index in [1.807, 2.05) is 43.3 Å². The van der Waals surface area contributed by atoms with Crippen LogP contribution < -0.4 is 5.32 Å². The SMILES string of the molecule is Cc1cccc(NC(=O)C2CCCN(Cc3ccccc3F)C2)c1. The van der Waals surface area contributed by atoms with Gasteiger partial charge in [-0.05, 0) is 50.1 Å². The highest BCUT2D eigenvalue weighted by Crippen LogP contribution is 2.21. The summed E-state index contributed by atoms with van der Waals surface area (Å²) in [6.07, 6.45) is 1.84. The van der Waals surface area contributed by atoms with Crippen molar-refractivity contribution >= 4 is 11.6 Å². The van der Waals surface area contributed by atoms with E-state index < -0.39 is 0 Å². The van der Waals surface area contributed by atoms with Gasteiger partial charge in [-0.15, -0.1) is 0 Å². The molecule has 1 aliphatic rings. The molecule has 0 radical (unpaired) electrons. The average molecular weight is 326 g/mol. The molecule has 2 aromatic rings. The molecule has 0 bridgehead atoms. The van der Waals surface area contributed by atoms with E-state index >= 15 is 0 Å². The van der Waals surface area contributed by atoms with Gasteiger partial charge in [-0.25, -0.2) is 4.39 Å². The monoisotopic (exact) mass is 326 g/mol. The van der Waals surface area contributed by atoms with Gasteiger partial charge in [-0.3, -0.25) is 9.69 Å². The molecule has 2 aromatic carbocycles. The summed E-state index contributed by atoms with van der Waals surface area (Å²) >= 11 is 0. The van der Waals surface area contributed by atoms with Gasteiger partial charge >= 0.3 is 0 Å². The molecule has 3 nitrogen and oxygen atoms in total. The summed E-state index contributed by atoms with van der Waals surface area (Å²) in [5, 5.41) is 3.01. The molecule has 3 rings (SSSR count). The fourth-order valence-electron chi connectivity index (χ4n) is 3.25. The lowest BCUT2D eigenvalue weighted by Crippen LogP contribution is -2.40. The lowest BCUT2D eigenvalue weighted by molar-refractivity contribution is -0.121.